The lowest BCUT2D eigenvalue weighted by molar-refractivity contribution is 0.632. The molecule has 1 aromatic carbocycles. The van der Waals surface area contributed by atoms with Crippen molar-refractivity contribution in [1.82, 2.24) is 9.97 Å². The minimum atomic E-state index is -0.521. The van der Waals surface area contributed by atoms with Crippen molar-refractivity contribution in [2.45, 2.75) is 0 Å². The molecular formula is C11H6ClFN4. The van der Waals surface area contributed by atoms with E-state index in [1.807, 2.05) is 6.07 Å². The smallest absolute Gasteiger partial charge is 0.183 e. The van der Waals surface area contributed by atoms with Crippen LogP contribution in [0.4, 0.5) is 15.9 Å². The molecule has 0 aliphatic heterocycles. The van der Waals surface area contributed by atoms with E-state index in [0.717, 1.165) is 0 Å². The van der Waals surface area contributed by atoms with E-state index in [0.29, 0.717) is 5.02 Å². The number of halogens is 2. The Morgan fingerprint density at radius 1 is 1.29 bits per heavy atom. The van der Waals surface area contributed by atoms with Gasteiger partial charge in [0.2, 0.25) is 0 Å². The van der Waals surface area contributed by atoms with E-state index >= 15 is 0 Å². The first-order chi connectivity index (χ1) is 8.20. The maximum absolute atomic E-state index is 13.5. The van der Waals surface area contributed by atoms with Gasteiger partial charge in [0, 0.05) is 17.4 Å². The Bertz CT molecular complexity index is 594. The summed E-state index contributed by atoms with van der Waals surface area (Å²) in [7, 11) is 0. The van der Waals surface area contributed by atoms with Gasteiger partial charge in [0.1, 0.15) is 11.9 Å². The molecule has 84 valence electrons. The Morgan fingerprint density at radius 2 is 2.06 bits per heavy atom. The highest BCUT2D eigenvalue weighted by molar-refractivity contribution is 6.30. The second-order valence-electron chi connectivity index (χ2n) is 3.11. The molecule has 4 nitrogen and oxygen atoms in total. The van der Waals surface area contributed by atoms with E-state index in [4.69, 9.17) is 16.9 Å². The fraction of sp³-hybridized carbons (Fsp3) is 0. The predicted octanol–water partition coefficient (Wildman–Crippen LogP) is 2.88. The van der Waals surface area contributed by atoms with Crippen molar-refractivity contribution in [3.05, 3.63) is 47.1 Å². The number of aromatic nitrogens is 2. The van der Waals surface area contributed by atoms with Crippen molar-refractivity contribution in [3.8, 4) is 6.07 Å². The topological polar surface area (TPSA) is 61.6 Å². The number of hydrogen-bond acceptors (Lipinski definition) is 4. The third kappa shape index (κ3) is 2.49. The van der Waals surface area contributed by atoms with Gasteiger partial charge in [-0.3, -0.25) is 0 Å². The van der Waals surface area contributed by atoms with Crippen LogP contribution in [0.5, 0.6) is 0 Å². The van der Waals surface area contributed by atoms with Gasteiger partial charge in [-0.05, 0) is 18.2 Å². The lowest BCUT2D eigenvalue weighted by atomic mass is 10.3. The second-order valence-corrected chi connectivity index (χ2v) is 3.55. The quantitative estimate of drug-likeness (QED) is 0.888. The molecule has 6 heteroatoms. The molecule has 0 aliphatic carbocycles. The van der Waals surface area contributed by atoms with Gasteiger partial charge in [0.05, 0.1) is 5.69 Å². The number of nitrogens with zero attached hydrogens (tertiary/aromatic N) is 3. The normalized spacial score (nSPS) is 9.71. The molecule has 0 spiro atoms. The van der Waals surface area contributed by atoms with Gasteiger partial charge < -0.3 is 5.32 Å². The molecule has 0 aliphatic rings. The largest absolute Gasteiger partial charge is 0.335 e. The molecule has 2 rings (SSSR count). The summed E-state index contributed by atoms with van der Waals surface area (Å²) in [5, 5.41) is 11.8. The van der Waals surface area contributed by atoms with Crippen LogP contribution in [0.2, 0.25) is 5.02 Å². The summed E-state index contributed by atoms with van der Waals surface area (Å²) >= 11 is 5.63. The summed E-state index contributed by atoms with van der Waals surface area (Å²) in [6.07, 6.45) is 2.80. The second kappa shape index (κ2) is 4.76. The van der Waals surface area contributed by atoms with Crippen molar-refractivity contribution in [2.75, 3.05) is 5.32 Å². The highest BCUT2D eigenvalue weighted by Gasteiger charge is 2.08. The van der Waals surface area contributed by atoms with Crippen LogP contribution in [0.15, 0.2) is 30.6 Å². The third-order valence-electron chi connectivity index (χ3n) is 1.99. The number of nitriles is 1. The van der Waals surface area contributed by atoms with Crippen LogP contribution in [-0.4, -0.2) is 9.97 Å². The summed E-state index contributed by atoms with van der Waals surface area (Å²) in [4.78, 5) is 7.72. The molecule has 0 saturated carbocycles. The minimum Gasteiger partial charge on any atom is -0.335 e. The zero-order valence-electron chi connectivity index (χ0n) is 8.48. The molecule has 0 amide bonds. The SMILES string of the molecule is N#Cc1nccnc1Nc1ccc(Cl)cc1F. The highest BCUT2D eigenvalue weighted by atomic mass is 35.5. The van der Waals surface area contributed by atoms with Crippen LogP contribution in [0, 0.1) is 17.1 Å². The van der Waals surface area contributed by atoms with Crippen molar-refractivity contribution in [1.29, 1.82) is 5.26 Å². The fourth-order valence-electron chi connectivity index (χ4n) is 1.23. The van der Waals surface area contributed by atoms with Gasteiger partial charge in [-0.1, -0.05) is 11.6 Å². The predicted molar refractivity (Wildman–Crippen MR) is 61.4 cm³/mol. The minimum absolute atomic E-state index is 0.0989. The maximum Gasteiger partial charge on any atom is 0.183 e. The monoisotopic (exact) mass is 248 g/mol. The highest BCUT2D eigenvalue weighted by Crippen LogP contribution is 2.22. The van der Waals surface area contributed by atoms with Gasteiger partial charge in [0.15, 0.2) is 11.5 Å². The van der Waals surface area contributed by atoms with Gasteiger partial charge in [-0.25, -0.2) is 14.4 Å². The molecule has 0 saturated heterocycles. The molecule has 1 heterocycles. The standard InChI is InChI=1S/C11H6ClFN4/c12-7-1-2-9(8(13)5-7)17-11-10(6-14)15-3-4-16-11/h1-5H,(H,16,17). The Balaban J connectivity index is 2.35. The van der Waals surface area contributed by atoms with Crippen molar-refractivity contribution >= 4 is 23.1 Å². The van der Waals surface area contributed by atoms with Gasteiger partial charge in [-0.15, -0.1) is 0 Å². The summed E-state index contributed by atoms with van der Waals surface area (Å²) < 4.78 is 13.5. The first-order valence-electron chi connectivity index (χ1n) is 4.64. The molecule has 0 radical (unpaired) electrons. The van der Waals surface area contributed by atoms with Crippen LogP contribution in [-0.2, 0) is 0 Å². The van der Waals surface area contributed by atoms with E-state index in [9.17, 15) is 4.39 Å². The van der Waals surface area contributed by atoms with Gasteiger partial charge in [-0.2, -0.15) is 5.26 Å². The molecule has 0 unspecified atom stereocenters. The first kappa shape index (κ1) is 11.3. The van der Waals surface area contributed by atoms with Crippen molar-refractivity contribution < 1.29 is 4.39 Å². The molecule has 0 atom stereocenters. The molecule has 0 bridgehead atoms. The number of benzene rings is 1. The number of rotatable bonds is 2. The summed E-state index contributed by atoms with van der Waals surface area (Å²) in [6, 6.07) is 6.04. The van der Waals surface area contributed by atoms with E-state index in [-0.39, 0.29) is 17.2 Å². The Hall–Kier alpha value is -2.19. The average molecular weight is 249 g/mol. The van der Waals surface area contributed by atoms with Crippen LogP contribution in [0.3, 0.4) is 0 Å². The average Bonchev–Trinajstić information content (AvgIpc) is 2.33. The molecular weight excluding hydrogens is 243 g/mol. The van der Waals surface area contributed by atoms with E-state index < -0.39 is 5.82 Å². The number of nitrogens with one attached hydrogen (secondary N) is 1. The molecule has 17 heavy (non-hydrogen) atoms. The Morgan fingerprint density at radius 3 is 2.76 bits per heavy atom. The zero-order valence-corrected chi connectivity index (χ0v) is 9.24. The lowest BCUT2D eigenvalue weighted by Gasteiger charge is -2.07. The van der Waals surface area contributed by atoms with E-state index in [2.05, 4.69) is 15.3 Å². The summed E-state index contributed by atoms with van der Waals surface area (Å²) in [6.45, 7) is 0. The van der Waals surface area contributed by atoms with Crippen molar-refractivity contribution in [3.63, 3.8) is 0 Å². The van der Waals surface area contributed by atoms with Gasteiger partial charge in [0.25, 0.3) is 0 Å². The molecule has 1 aromatic heterocycles. The zero-order chi connectivity index (χ0) is 12.3. The fourth-order valence-corrected chi connectivity index (χ4v) is 1.39. The van der Waals surface area contributed by atoms with E-state index in [1.165, 1.54) is 30.6 Å². The molecule has 0 fully saturated rings. The summed E-state index contributed by atoms with van der Waals surface area (Å²) in [5.41, 5.74) is 0.285. The molecule has 2 aromatic rings. The van der Waals surface area contributed by atoms with Crippen LogP contribution in [0.25, 0.3) is 0 Å². The Kier molecular flexibility index (Phi) is 3.17. The van der Waals surface area contributed by atoms with Gasteiger partial charge >= 0.3 is 0 Å². The molecule has 1 N–H and O–H groups in total. The Labute approximate surface area is 102 Å². The van der Waals surface area contributed by atoms with Crippen LogP contribution >= 0.6 is 11.6 Å². The van der Waals surface area contributed by atoms with E-state index in [1.54, 1.807) is 0 Å². The van der Waals surface area contributed by atoms with Crippen LogP contribution < -0.4 is 5.32 Å². The van der Waals surface area contributed by atoms with Crippen LogP contribution in [0.1, 0.15) is 5.69 Å². The lowest BCUT2D eigenvalue weighted by Crippen LogP contribution is -2.00. The number of hydrogen-bond donors (Lipinski definition) is 1. The number of anilines is 2. The first-order valence-corrected chi connectivity index (χ1v) is 5.01. The van der Waals surface area contributed by atoms with Crippen molar-refractivity contribution in [2.24, 2.45) is 0 Å². The summed E-state index contributed by atoms with van der Waals surface area (Å²) in [5.74, 6) is -0.316. The third-order valence-corrected chi connectivity index (χ3v) is 2.22. The maximum atomic E-state index is 13.5.